The highest BCUT2D eigenvalue weighted by Gasteiger charge is 2.38. The molecule has 4 aromatic rings. The summed E-state index contributed by atoms with van der Waals surface area (Å²) in [5.41, 5.74) is 13.4. The number of carbonyl (C=O) groups excluding carboxylic acids is 2. The summed E-state index contributed by atoms with van der Waals surface area (Å²) in [5.74, 6) is -1.19. The third-order valence-electron chi connectivity index (χ3n) is 7.19. The average Bonchev–Trinajstić information content (AvgIpc) is 2.95. The van der Waals surface area contributed by atoms with Gasteiger partial charge in [-0.3, -0.25) is 9.59 Å². The maximum Gasteiger partial charge on any atom is 0.180 e. The number of Topliss-reactive ketones (excluding diaryl/α,β-unsaturated/α-hetero) is 2. The van der Waals surface area contributed by atoms with Crippen LogP contribution < -0.4 is 10.4 Å². The zero-order valence-electron chi connectivity index (χ0n) is 19.8. The molecule has 2 unspecified atom stereocenters. The molecule has 6 rings (SSSR count). The van der Waals surface area contributed by atoms with E-state index in [0.29, 0.717) is 21.9 Å². The molecular formula is C32H21N3O2. The van der Waals surface area contributed by atoms with Gasteiger partial charge in [0.15, 0.2) is 17.6 Å². The van der Waals surface area contributed by atoms with Crippen molar-refractivity contribution in [3.8, 4) is 0 Å². The smallest absolute Gasteiger partial charge is 0.180 e. The largest absolute Gasteiger partial charge is 0.293 e. The van der Waals surface area contributed by atoms with Crippen LogP contribution in [0, 0.1) is 10.4 Å². The van der Waals surface area contributed by atoms with E-state index in [-0.39, 0.29) is 5.92 Å². The monoisotopic (exact) mass is 479 g/mol. The first kappa shape index (κ1) is 22.5. The van der Waals surface area contributed by atoms with Crippen molar-refractivity contribution in [2.45, 2.75) is 12.0 Å². The molecule has 0 heterocycles. The van der Waals surface area contributed by atoms with Crippen LogP contribution in [-0.4, -0.2) is 17.6 Å². The van der Waals surface area contributed by atoms with Gasteiger partial charge in [0, 0.05) is 22.0 Å². The molecule has 4 aromatic carbocycles. The number of hydrogen-bond donors (Lipinski definition) is 0. The van der Waals surface area contributed by atoms with Crippen LogP contribution in [0.25, 0.3) is 28.2 Å². The van der Waals surface area contributed by atoms with Gasteiger partial charge in [-0.1, -0.05) is 115 Å². The lowest BCUT2D eigenvalue weighted by molar-refractivity contribution is -0.114. The van der Waals surface area contributed by atoms with Gasteiger partial charge in [0.05, 0.1) is 0 Å². The third kappa shape index (κ3) is 3.45. The van der Waals surface area contributed by atoms with Gasteiger partial charge in [0.1, 0.15) is 0 Å². The second-order valence-electron chi connectivity index (χ2n) is 9.09. The van der Waals surface area contributed by atoms with Crippen LogP contribution in [0.4, 0.5) is 0 Å². The molecular weight excluding hydrogens is 458 g/mol. The van der Waals surface area contributed by atoms with Crippen LogP contribution in [-0.2, 0) is 4.79 Å². The summed E-state index contributed by atoms with van der Waals surface area (Å²) >= 11 is 0. The van der Waals surface area contributed by atoms with E-state index in [1.807, 2.05) is 84.9 Å². The molecule has 37 heavy (non-hydrogen) atoms. The Bertz CT molecular complexity index is 1900. The van der Waals surface area contributed by atoms with E-state index in [4.69, 9.17) is 0 Å². The summed E-state index contributed by atoms with van der Waals surface area (Å²) in [5, 5.41) is 7.28. The first-order chi connectivity index (χ1) is 18.1. The van der Waals surface area contributed by atoms with Crippen LogP contribution in [0.2, 0.25) is 0 Å². The second kappa shape index (κ2) is 8.90. The van der Waals surface area contributed by atoms with Crippen molar-refractivity contribution in [1.82, 2.24) is 0 Å². The number of nitrogens with zero attached hydrogens (tertiary/aromatic N) is 3. The Morgan fingerprint density at radius 3 is 2.27 bits per heavy atom. The van der Waals surface area contributed by atoms with Crippen molar-refractivity contribution in [2.75, 3.05) is 0 Å². The Morgan fingerprint density at radius 2 is 1.49 bits per heavy atom. The van der Waals surface area contributed by atoms with E-state index in [1.54, 1.807) is 6.08 Å². The van der Waals surface area contributed by atoms with E-state index < -0.39 is 17.6 Å². The minimum Gasteiger partial charge on any atom is -0.293 e. The highest BCUT2D eigenvalue weighted by molar-refractivity contribution is 6.35. The summed E-state index contributed by atoms with van der Waals surface area (Å²) in [6, 6.07) is 27.9. The molecule has 2 aliphatic rings. The fourth-order valence-electron chi connectivity index (χ4n) is 5.59. The molecule has 176 valence electrons. The van der Waals surface area contributed by atoms with Crippen molar-refractivity contribution in [3.05, 3.63) is 157 Å². The van der Waals surface area contributed by atoms with Crippen LogP contribution in [0.5, 0.6) is 0 Å². The van der Waals surface area contributed by atoms with Crippen molar-refractivity contribution >= 4 is 29.3 Å². The molecule has 0 saturated carbocycles. The third-order valence-corrected chi connectivity index (χ3v) is 7.19. The van der Waals surface area contributed by atoms with Crippen molar-refractivity contribution in [1.29, 1.82) is 0 Å². The summed E-state index contributed by atoms with van der Waals surface area (Å²) < 4.78 is 0. The molecule has 0 radical (unpaired) electrons. The lowest BCUT2D eigenvalue weighted by atomic mass is 9.75. The van der Waals surface area contributed by atoms with Crippen LogP contribution in [0.3, 0.4) is 0 Å². The fourth-order valence-corrected chi connectivity index (χ4v) is 5.59. The number of hydrogen-bond acceptors (Lipinski definition) is 3. The van der Waals surface area contributed by atoms with Gasteiger partial charge < -0.3 is 0 Å². The quantitative estimate of drug-likeness (QED) is 0.175. The average molecular weight is 480 g/mol. The van der Waals surface area contributed by atoms with Crippen molar-refractivity contribution < 1.29 is 9.59 Å². The molecule has 2 atom stereocenters. The van der Waals surface area contributed by atoms with E-state index in [2.05, 4.69) is 28.7 Å². The van der Waals surface area contributed by atoms with Gasteiger partial charge in [-0.2, -0.15) is 0 Å². The number of fused-ring (bicyclic) bond motifs is 4. The summed E-state index contributed by atoms with van der Waals surface area (Å²) in [4.78, 5) is 30.6. The predicted octanol–water partition coefficient (Wildman–Crippen LogP) is 5.19. The lowest BCUT2D eigenvalue weighted by Crippen LogP contribution is -2.42. The molecule has 0 amide bonds. The van der Waals surface area contributed by atoms with Gasteiger partial charge in [-0.15, -0.1) is 0 Å². The van der Waals surface area contributed by atoms with Gasteiger partial charge >= 0.3 is 0 Å². The molecule has 5 heteroatoms. The molecule has 0 saturated heterocycles. The zero-order valence-corrected chi connectivity index (χ0v) is 19.8. The molecule has 0 aliphatic heterocycles. The topological polar surface area (TPSA) is 82.9 Å². The number of benzene rings is 4. The summed E-state index contributed by atoms with van der Waals surface area (Å²) in [7, 11) is 0. The highest BCUT2D eigenvalue weighted by atomic mass is 16.2. The Labute approximate surface area is 212 Å². The summed E-state index contributed by atoms with van der Waals surface area (Å²) in [6.45, 7) is 3.91. The highest BCUT2D eigenvalue weighted by Crippen LogP contribution is 2.34. The Hall–Kier alpha value is -4.99. The molecule has 0 aromatic heterocycles. The summed E-state index contributed by atoms with van der Waals surface area (Å²) in [6.07, 6.45) is 3.85. The van der Waals surface area contributed by atoms with Gasteiger partial charge in [-0.05, 0) is 48.7 Å². The lowest BCUT2D eigenvalue weighted by Gasteiger charge is -2.27. The SMILES string of the molecule is C=Cc1ccccc1C1=c2ccc3c(c2C(=O)C(N=[N+]=[N-])C1=O)C(c1ccccc1)C=c1ccccc1=3. The molecule has 0 spiro atoms. The van der Waals surface area contributed by atoms with Crippen LogP contribution in [0.1, 0.15) is 38.5 Å². The normalized spacial score (nSPS) is 17.6. The number of rotatable bonds is 4. The number of carbonyl (C=O) groups is 2. The maximum absolute atomic E-state index is 14.0. The first-order valence-corrected chi connectivity index (χ1v) is 12.0. The molecule has 0 bridgehead atoms. The van der Waals surface area contributed by atoms with Gasteiger partial charge in [0.25, 0.3) is 0 Å². The van der Waals surface area contributed by atoms with Gasteiger partial charge in [-0.25, -0.2) is 0 Å². The van der Waals surface area contributed by atoms with Crippen molar-refractivity contribution in [3.63, 3.8) is 0 Å². The van der Waals surface area contributed by atoms with E-state index in [9.17, 15) is 15.1 Å². The fraction of sp³-hybridized carbons (Fsp3) is 0.0625. The first-order valence-electron chi connectivity index (χ1n) is 12.0. The molecule has 0 fully saturated rings. The zero-order chi connectivity index (χ0) is 25.5. The van der Waals surface area contributed by atoms with Crippen LogP contribution in [0.15, 0.2) is 103 Å². The Balaban J connectivity index is 1.85. The minimum absolute atomic E-state index is 0.221. The van der Waals surface area contributed by atoms with Crippen LogP contribution >= 0.6 is 0 Å². The molecule has 0 N–H and O–H groups in total. The van der Waals surface area contributed by atoms with Gasteiger partial charge in [0.2, 0.25) is 0 Å². The molecule has 2 aliphatic carbocycles. The Kier molecular flexibility index (Phi) is 5.41. The molecule has 5 nitrogen and oxygen atoms in total. The number of ketones is 2. The predicted molar refractivity (Wildman–Crippen MR) is 144 cm³/mol. The van der Waals surface area contributed by atoms with E-state index in [1.165, 1.54) is 0 Å². The Morgan fingerprint density at radius 1 is 0.784 bits per heavy atom. The van der Waals surface area contributed by atoms with Crippen molar-refractivity contribution in [2.24, 2.45) is 5.11 Å². The van der Waals surface area contributed by atoms with E-state index >= 15 is 0 Å². The number of azide groups is 1. The minimum atomic E-state index is -1.47. The standard InChI is InChI=1S/C32H21N3O2/c1-2-19-10-6-9-15-23(19)28-25-17-16-24-22-14-8-7-13-21(22)18-26(20-11-4-3-5-12-20)27(24)29(25)32(37)30(31(28)36)34-35-33/h2-18,26,30H,1H2. The maximum atomic E-state index is 14.0. The van der Waals surface area contributed by atoms with E-state index in [0.717, 1.165) is 32.3 Å². The second-order valence-corrected chi connectivity index (χ2v) is 9.09.